The van der Waals surface area contributed by atoms with E-state index in [1.807, 2.05) is 32.0 Å². The molecule has 0 aliphatic carbocycles. The van der Waals surface area contributed by atoms with Crippen molar-refractivity contribution in [1.82, 2.24) is 20.2 Å². The van der Waals surface area contributed by atoms with E-state index >= 15 is 0 Å². The Bertz CT molecular complexity index is 766. The maximum Gasteiger partial charge on any atom is 0.214 e. The number of nitrogens with one attached hydrogen (secondary N) is 1. The van der Waals surface area contributed by atoms with Crippen molar-refractivity contribution in [1.29, 1.82) is 0 Å². The van der Waals surface area contributed by atoms with Crippen LogP contribution in [-0.2, 0) is 6.42 Å². The smallest absolute Gasteiger partial charge is 0.214 e. The fraction of sp³-hybridized carbons (Fsp3) is 0.267. The molecule has 0 amide bonds. The lowest BCUT2D eigenvalue weighted by Crippen LogP contribution is -2.18. The zero-order valence-corrected chi connectivity index (χ0v) is 12.8. The molecule has 0 aliphatic rings. The monoisotopic (exact) mass is 299 g/mol. The summed E-state index contributed by atoms with van der Waals surface area (Å²) in [6.45, 7) is 3.88. The van der Waals surface area contributed by atoms with Crippen LogP contribution in [0, 0.1) is 6.92 Å². The summed E-state index contributed by atoms with van der Waals surface area (Å²) < 4.78 is 0. The van der Waals surface area contributed by atoms with Crippen LogP contribution in [0.1, 0.15) is 18.3 Å². The third-order valence-electron chi connectivity index (χ3n) is 3.07. The van der Waals surface area contributed by atoms with Gasteiger partial charge in [0.05, 0.1) is 5.52 Å². The predicted molar refractivity (Wildman–Crippen MR) is 84.3 cm³/mol. The normalized spacial score (nSPS) is 12.7. The van der Waals surface area contributed by atoms with Gasteiger partial charge in [0, 0.05) is 11.4 Å². The van der Waals surface area contributed by atoms with Gasteiger partial charge in [-0.25, -0.2) is 9.97 Å². The van der Waals surface area contributed by atoms with Crippen molar-refractivity contribution in [2.75, 3.05) is 0 Å². The number of H-pyrrole nitrogens is 1. The van der Waals surface area contributed by atoms with Crippen LogP contribution >= 0.6 is 11.8 Å². The maximum absolute atomic E-state index is 5.96. The summed E-state index contributed by atoms with van der Waals surface area (Å²) in [5.41, 5.74) is 8.07. The number of nitrogens with zero attached hydrogens (tertiary/aromatic N) is 3. The van der Waals surface area contributed by atoms with E-state index in [4.69, 9.17) is 10.7 Å². The van der Waals surface area contributed by atoms with Crippen LogP contribution in [0.5, 0.6) is 0 Å². The van der Waals surface area contributed by atoms with Crippen LogP contribution in [0.3, 0.4) is 0 Å². The molecule has 2 aromatic heterocycles. The summed E-state index contributed by atoms with van der Waals surface area (Å²) in [6, 6.07) is 10.3. The van der Waals surface area contributed by atoms with Gasteiger partial charge in [0.15, 0.2) is 0 Å². The minimum absolute atomic E-state index is 0.0844. The number of fused-ring (bicyclic) bond motifs is 1. The molecule has 0 aliphatic heterocycles. The van der Waals surface area contributed by atoms with Crippen LogP contribution in [0.2, 0.25) is 0 Å². The Kier molecular flexibility index (Phi) is 3.90. The number of aryl methyl sites for hydroxylation is 1. The third-order valence-corrected chi connectivity index (χ3v) is 3.98. The largest absolute Gasteiger partial charge is 0.328 e. The molecule has 0 saturated carbocycles. The lowest BCUT2D eigenvalue weighted by Gasteiger charge is -2.11. The second kappa shape index (κ2) is 5.83. The molecule has 1 unspecified atom stereocenters. The van der Waals surface area contributed by atoms with Crippen LogP contribution in [0.25, 0.3) is 10.9 Å². The molecule has 1 aromatic carbocycles. The quantitative estimate of drug-likeness (QED) is 0.774. The topological polar surface area (TPSA) is 80.5 Å². The van der Waals surface area contributed by atoms with Crippen molar-refractivity contribution in [2.24, 2.45) is 5.73 Å². The van der Waals surface area contributed by atoms with Gasteiger partial charge in [-0.15, -0.1) is 5.10 Å². The first-order valence-electron chi connectivity index (χ1n) is 6.83. The van der Waals surface area contributed by atoms with Crippen LogP contribution in [0.15, 0.2) is 40.5 Å². The number of nitrogens with two attached hydrogens (primary N) is 1. The molecule has 1 atom stereocenters. The fourth-order valence-electron chi connectivity index (χ4n) is 2.18. The minimum Gasteiger partial charge on any atom is -0.328 e. The lowest BCUT2D eigenvalue weighted by atomic mass is 10.1. The highest BCUT2D eigenvalue weighted by Crippen LogP contribution is 2.29. The van der Waals surface area contributed by atoms with Crippen molar-refractivity contribution in [3.05, 3.63) is 41.7 Å². The molecule has 6 heteroatoms. The van der Waals surface area contributed by atoms with E-state index in [0.29, 0.717) is 5.16 Å². The highest BCUT2D eigenvalue weighted by atomic mass is 32.2. The molecule has 0 radical (unpaired) electrons. The summed E-state index contributed by atoms with van der Waals surface area (Å²) in [6.07, 6.45) is 0.781. The van der Waals surface area contributed by atoms with E-state index in [1.165, 1.54) is 11.8 Å². The number of aromatic amines is 1. The Morgan fingerprint density at radius 3 is 2.81 bits per heavy atom. The Morgan fingerprint density at radius 2 is 2.10 bits per heavy atom. The van der Waals surface area contributed by atoms with Gasteiger partial charge in [-0.2, -0.15) is 0 Å². The van der Waals surface area contributed by atoms with Crippen LogP contribution < -0.4 is 5.73 Å². The molecule has 0 bridgehead atoms. The van der Waals surface area contributed by atoms with Gasteiger partial charge in [0.1, 0.15) is 10.9 Å². The summed E-state index contributed by atoms with van der Waals surface area (Å²) in [4.78, 5) is 9.08. The Balaban J connectivity index is 2.04. The zero-order chi connectivity index (χ0) is 14.8. The summed E-state index contributed by atoms with van der Waals surface area (Å²) in [7, 11) is 0. The third kappa shape index (κ3) is 3.22. The second-order valence-corrected chi connectivity index (χ2v) is 6.09. The molecular weight excluding hydrogens is 282 g/mol. The number of hydrogen-bond acceptors (Lipinski definition) is 5. The number of rotatable bonds is 4. The average molecular weight is 299 g/mol. The van der Waals surface area contributed by atoms with Gasteiger partial charge in [0.25, 0.3) is 0 Å². The molecule has 0 fully saturated rings. The molecule has 5 nitrogen and oxygen atoms in total. The number of hydrogen-bond donors (Lipinski definition) is 2. The summed E-state index contributed by atoms with van der Waals surface area (Å²) in [5, 5.41) is 9.75. The first-order chi connectivity index (χ1) is 10.1. The molecular formula is C15H17N5S. The Morgan fingerprint density at radius 1 is 1.29 bits per heavy atom. The molecule has 2 heterocycles. The Labute approximate surface area is 127 Å². The SMILES string of the molecule is Cc1nc(Sc2nc3ccccc3cc2CC(C)N)n[nH]1. The molecule has 0 spiro atoms. The van der Waals surface area contributed by atoms with Gasteiger partial charge in [-0.3, -0.25) is 5.10 Å². The zero-order valence-electron chi connectivity index (χ0n) is 12.0. The predicted octanol–water partition coefficient (Wildman–Crippen LogP) is 2.70. The van der Waals surface area contributed by atoms with Crippen LogP contribution in [-0.4, -0.2) is 26.2 Å². The first-order valence-corrected chi connectivity index (χ1v) is 7.64. The summed E-state index contributed by atoms with van der Waals surface area (Å²) in [5.74, 6) is 0.798. The van der Waals surface area contributed by atoms with E-state index in [2.05, 4.69) is 27.3 Å². The lowest BCUT2D eigenvalue weighted by molar-refractivity contribution is 0.724. The van der Waals surface area contributed by atoms with Crippen LogP contribution in [0.4, 0.5) is 0 Å². The van der Waals surface area contributed by atoms with Crippen molar-refractivity contribution >= 4 is 22.7 Å². The Hall–Kier alpha value is -1.92. The first kappa shape index (κ1) is 14.0. The average Bonchev–Trinajstić information content (AvgIpc) is 2.84. The van der Waals surface area contributed by atoms with Gasteiger partial charge in [-0.05, 0) is 49.7 Å². The second-order valence-electron chi connectivity index (χ2n) is 5.13. The standard InChI is InChI=1S/C15H17N5S/c1-9(16)7-12-8-11-5-3-4-6-13(11)18-14(12)21-15-17-10(2)19-20-15/h3-6,8-9H,7,16H2,1-2H3,(H,17,19,20). The summed E-state index contributed by atoms with van der Waals surface area (Å²) >= 11 is 1.47. The maximum atomic E-state index is 5.96. The van der Waals surface area contributed by atoms with Gasteiger partial charge in [0.2, 0.25) is 5.16 Å². The molecule has 0 saturated heterocycles. The van der Waals surface area contributed by atoms with Crippen molar-refractivity contribution < 1.29 is 0 Å². The molecule has 21 heavy (non-hydrogen) atoms. The highest BCUT2D eigenvalue weighted by molar-refractivity contribution is 7.99. The molecule has 3 rings (SSSR count). The highest BCUT2D eigenvalue weighted by Gasteiger charge is 2.12. The van der Waals surface area contributed by atoms with Gasteiger partial charge >= 0.3 is 0 Å². The fourth-order valence-corrected chi connectivity index (χ4v) is 3.04. The molecule has 3 aromatic rings. The van der Waals surface area contributed by atoms with Crippen molar-refractivity contribution in [3.63, 3.8) is 0 Å². The van der Waals surface area contributed by atoms with E-state index < -0.39 is 0 Å². The van der Waals surface area contributed by atoms with E-state index in [9.17, 15) is 0 Å². The number of aromatic nitrogens is 4. The van der Waals surface area contributed by atoms with E-state index in [1.54, 1.807) is 0 Å². The van der Waals surface area contributed by atoms with Gasteiger partial charge < -0.3 is 5.73 Å². The molecule has 3 N–H and O–H groups in total. The number of para-hydroxylation sites is 1. The minimum atomic E-state index is 0.0844. The van der Waals surface area contributed by atoms with E-state index in [-0.39, 0.29) is 6.04 Å². The number of benzene rings is 1. The molecule has 108 valence electrons. The number of pyridine rings is 1. The van der Waals surface area contributed by atoms with E-state index in [0.717, 1.165) is 33.7 Å². The van der Waals surface area contributed by atoms with Crippen molar-refractivity contribution in [2.45, 2.75) is 36.5 Å². The van der Waals surface area contributed by atoms with Gasteiger partial charge in [-0.1, -0.05) is 18.2 Å². The van der Waals surface area contributed by atoms with Crippen molar-refractivity contribution in [3.8, 4) is 0 Å².